The van der Waals surface area contributed by atoms with Crippen molar-refractivity contribution in [3.05, 3.63) is 65.0 Å². The Morgan fingerprint density at radius 2 is 1.63 bits per heavy atom. The second-order valence-corrected chi connectivity index (χ2v) is 3.63. The van der Waals surface area contributed by atoms with Crippen LogP contribution >= 0.6 is 0 Å². The average molecular weight is 263 g/mol. The molecule has 0 atom stereocenters. The minimum atomic E-state index is -1.71. The maximum Gasteiger partial charge on any atom is 0.339 e. The van der Waals surface area contributed by atoms with Gasteiger partial charge in [-0.2, -0.15) is 0 Å². The van der Waals surface area contributed by atoms with E-state index in [1.807, 2.05) is 0 Å². The standard InChI is InChI=1S/C13H7F2NO3/c14-7-4-5-8(15)11(13(18)19)10(7)12(17)9-3-1-2-6-16-9/h1-6H,(H,18,19). The molecule has 1 N–H and O–H groups in total. The third-order valence-corrected chi connectivity index (χ3v) is 2.44. The number of carboxylic acid groups (broad SMARTS) is 1. The van der Waals surface area contributed by atoms with Gasteiger partial charge in [-0.25, -0.2) is 13.6 Å². The summed E-state index contributed by atoms with van der Waals surface area (Å²) in [6.45, 7) is 0. The normalized spacial score (nSPS) is 10.2. The summed E-state index contributed by atoms with van der Waals surface area (Å²) in [4.78, 5) is 26.7. The predicted molar refractivity (Wildman–Crippen MR) is 61.0 cm³/mol. The molecule has 0 saturated heterocycles. The van der Waals surface area contributed by atoms with Gasteiger partial charge in [0, 0.05) is 6.20 Å². The van der Waals surface area contributed by atoms with E-state index in [2.05, 4.69) is 4.98 Å². The minimum absolute atomic E-state index is 0.158. The molecule has 1 heterocycles. The Bertz CT molecular complexity index is 656. The SMILES string of the molecule is O=C(O)c1c(F)ccc(F)c1C(=O)c1ccccn1. The van der Waals surface area contributed by atoms with Crippen molar-refractivity contribution in [2.45, 2.75) is 0 Å². The summed E-state index contributed by atoms with van der Waals surface area (Å²) in [5.41, 5.74) is -1.98. The van der Waals surface area contributed by atoms with Crippen molar-refractivity contribution in [2.75, 3.05) is 0 Å². The number of aromatic carboxylic acids is 1. The Hall–Kier alpha value is -2.63. The van der Waals surface area contributed by atoms with Crippen LogP contribution in [0.2, 0.25) is 0 Å². The number of aromatic nitrogens is 1. The molecule has 0 amide bonds. The lowest BCUT2D eigenvalue weighted by Crippen LogP contribution is -2.15. The molecule has 0 aliphatic carbocycles. The molecule has 1 aromatic carbocycles. The monoisotopic (exact) mass is 263 g/mol. The molecule has 1 aromatic heterocycles. The Morgan fingerprint density at radius 1 is 1.00 bits per heavy atom. The van der Waals surface area contributed by atoms with Gasteiger partial charge in [-0.1, -0.05) is 6.07 Å². The third kappa shape index (κ3) is 2.33. The first kappa shape index (κ1) is 12.8. The fraction of sp³-hybridized carbons (Fsp3) is 0. The molecule has 2 aromatic rings. The van der Waals surface area contributed by atoms with Gasteiger partial charge >= 0.3 is 5.97 Å². The first-order valence-electron chi connectivity index (χ1n) is 5.19. The van der Waals surface area contributed by atoms with Gasteiger partial charge in [0.05, 0.1) is 5.56 Å². The molecule has 4 nitrogen and oxygen atoms in total. The van der Waals surface area contributed by atoms with Crippen LogP contribution in [0, 0.1) is 11.6 Å². The number of hydrogen-bond donors (Lipinski definition) is 1. The van der Waals surface area contributed by atoms with Gasteiger partial charge in [-0.05, 0) is 24.3 Å². The highest BCUT2D eigenvalue weighted by Gasteiger charge is 2.26. The van der Waals surface area contributed by atoms with Crippen molar-refractivity contribution < 1.29 is 23.5 Å². The van der Waals surface area contributed by atoms with Gasteiger partial charge in [0.2, 0.25) is 5.78 Å². The molecule has 0 radical (unpaired) electrons. The first-order valence-corrected chi connectivity index (χ1v) is 5.19. The molecule has 6 heteroatoms. The fourth-order valence-electron chi connectivity index (χ4n) is 1.61. The zero-order valence-corrected chi connectivity index (χ0v) is 9.43. The van der Waals surface area contributed by atoms with Crippen molar-refractivity contribution in [3.63, 3.8) is 0 Å². The highest BCUT2D eigenvalue weighted by Crippen LogP contribution is 2.20. The zero-order valence-electron chi connectivity index (χ0n) is 9.43. The van der Waals surface area contributed by atoms with Crippen molar-refractivity contribution in [1.82, 2.24) is 4.98 Å². The number of carboxylic acids is 1. The maximum absolute atomic E-state index is 13.6. The summed E-state index contributed by atoms with van der Waals surface area (Å²) in [6.07, 6.45) is 1.30. The fourth-order valence-corrected chi connectivity index (χ4v) is 1.61. The molecule has 0 aliphatic heterocycles. The lowest BCUT2D eigenvalue weighted by atomic mass is 10.00. The summed E-state index contributed by atoms with van der Waals surface area (Å²) in [7, 11) is 0. The van der Waals surface area contributed by atoms with E-state index >= 15 is 0 Å². The van der Waals surface area contributed by atoms with Crippen LogP contribution in [0.15, 0.2) is 36.5 Å². The van der Waals surface area contributed by atoms with Crippen molar-refractivity contribution >= 4 is 11.8 Å². The zero-order chi connectivity index (χ0) is 14.0. The van der Waals surface area contributed by atoms with Crippen LogP contribution in [-0.2, 0) is 0 Å². The van der Waals surface area contributed by atoms with Gasteiger partial charge in [0.15, 0.2) is 0 Å². The van der Waals surface area contributed by atoms with Crippen molar-refractivity contribution in [3.8, 4) is 0 Å². The summed E-state index contributed by atoms with van der Waals surface area (Å²) >= 11 is 0. The molecular weight excluding hydrogens is 256 g/mol. The number of nitrogens with zero attached hydrogens (tertiary/aromatic N) is 1. The molecular formula is C13H7F2NO3. The van der Waals surface area contributed by atoms with Crippen molar-refractivity contribution in [2.24, 2.45) is 0 Å². The highest BCUT2D eigenvalue weighted by molar-refractivity contribution is 6.13. The Morgan fingerprint density at radius 3 is 2.16 bits per heavy atom. The second kappa shape index (κ2) is 4.93. The van der Waals surface area contributed by atoms with Crippen LogP contribution in [0.3, 0.4) is 0 Å². The molecule has 19 heavy (non-hydrogen) atoms. The van der Waals surface area contributed by atoms with Crippen LogP contribution in [0.25, 0.3) is 0 Å². The topological polar surface area (TPSA) is 67.3 Å². The first-order chi connectivity index (χ1) is 9.02. The quantitative estimate of drug-likeness (QED) is 0.863. The molecule has 0 unspecified atom stereocenters. The molecule has 0 aliphatic rings. The van der Waals surface area contributed by atoms with Crippen LogP contribution in [0.4, 0.5) is 8.78 Å². The number of carbonyl (C=O) groups excluding carboxylic acids is 1. The van der Waals surface area contributed by atoms with E-state index in [4.69, 9.17) is 5.11 Å². The number of benzene rings is 1. The van der Waals surface area contributed by atoms with Crippen LogP contribution in [-0.4, -0.2) is 21.8 Å². The number of ketones is 1. The Balaban J connectivity index is 2.66. The summed E-state index contributed by atoms with van der Waals surface area (Å²) in [5.74, 6) is -4.96. The lowest BCUT2D eigenvalue weighted by Gasteiger charge is -2.07. The Kier molecular flexibility index (Phi) is 3.33. The molecule has 0 spiro atoms. The molecule has 0 bridgehead atoms. The summed E-state index contributed by atoms with van der Waals surface area (Å²) in [5, 5.41) is 8.89. The lowest BCUT2D eigenvalue weighted by molar-refractivity contribution is 0.0686. The van der Waals surface area contributed by atoms with Crippen LogP contribution in [0.1, 0.15) is 26.4 Å². The Labute approximate surface area is 106 Å². The van der Waals surface area contributed by atoms with Gasteiger partial charge in [0.1, 0.15) is 22.9 Å². The van der Waals surface area contributed by atoms with E-state index in [1.54, 1.807) is 0 Å². The molecule has 2 rings (SSSR count). The van der Waals surface area contributed by atoms with Gasteiger partial charge in [-0.3, -0.25) is 9.78 Å². The number of carbonyl (C=O) groups is 2. The number of hydrogen-bond acceptors (Lipinski definition) is 3. The van der Waals surface area contributed by atoms with Crippen LogP contribution in [0.5, 0.6) is 0 Å². The third-order valence-electron chi connectivity index (χ3n) is 2.44. The van der Waals surface area contributed by atoms with Gasteiger partial charge < -0.3 is 5.11 Å². The van der Waals surface area contributed by atoms with Crippen molar-refractivity contribution in [1.29, 1.82) is 0 Å². The van der Waals surface area contributed by atoms with Gasteiger partial charge in [0.25, 0.3) is 0 Å². The van der Waals surface area contributed by atoms with Crippen LogP contribution < -0.4 is 0 Å². The van der Waals surface area contributed by atoms with E-state index in [-0.39, 0.29) is 5.69 Å². The average Bonchev–Trinajstić information content (AvgIpc) is 2.41. The van der Waals surface area contributed by atoms with E-state index in [1.165, 1.54) is 24.4 Å². The van der Waals surface area contributed by atoms with E-state index < -0.39 is 34.5 Å². The molecule has 0 saturated carbocycles. The second-order valence-electron chi connectivity index (χ2n) is 3.63. The predicted octanol–water partition coefficient (Wildman–Crippen LogP) is 2.29. The summed E-state index contributed by atoms with van der Waals surface area (Å²) in [6, 6.07) is 5.68. The maximum atomic E-state index is 13.6. The minimum Gasteiger partial charge on any atom is -0.478 e. The number of pyridine rings is 1. The van der Waals surface area contributed by atoms with E-state index in [0.29, 0.717) is 12.1 Å². The molecule has 96 valence electrons. The highest BCUT2D eigenvalue weighted by atomic mass is 19.1. The molecule has 0 fully saturated rings. The largest absolute Gasteiger partial charge is 0.478 e. The number of rotatable bonds is 3. The number of halogens is 2. The van der Waals surface area contributed by atoms with E-state index in [0.717, 1.165) is 0 Å². The van der Waals surface area contributed by atoms with Gasteiger partial charge in [-0.15, -0.1) is 0 Å². The van der Waals surface area contributed by atoms with E-state index in [9.17, 15) is 18.4 Å². The summed E-state index contributed by atoms with van der Waals surface area (Å²) < 4.78 is 27.1. The smallest absolute Gasteiger partial charge is 0.339 e.